The summed E-state index contributed by atoms with van der Waals surface area (Å²) in [5.74, 6) is 0.00235. The molecule has 0 aliphatic rings. The van der Waals surface area contributed by atoms with Crippen LogP contribution in [0.2, 0.25) is 0 Å². The maximum absolute atomic E-state index is 12.0. The molecule has 0 fully saturated rings. The lowest BCUT2D eigenvalue weighted by atomic mass is 10.2. The largest absolute Gasteiger partial charge is 0.494 e. The molecule has 0 aliphatic carbocycles. The lowest BCUT2D eigenvalue weighted by molar-refractivity contribution is -0.120. The number of thiophene rings is 1. The number of ether oxygens (including phenoxy) is 1. The predicted octanol–water partition coefficient (Wildman–Crippen LogP) is 2.42. The summed E-state index contributed by atoms with van der Waals surface area (Å²) in [7, 11) is 0. The molecule has 6 nitrogen and oxygen atoms in total. The van der Waals surface area contributed by atoms with Crippen molar-refractivity contribution >= 4 is 29.4 Å². The van der Waals surface area contributed by atoms with E-state index < -0.39 is 0 Å². The van der Waals surface area contributed by atoms with Crippen molar-refractivity contribution in [3.63, 3.8) is 0 Å². The minimum Gasteiger partial charge on any atom is -0.494 e. The van der Waals surface area contributed by atoms with Gasteiger partial charge in [-0.3, -0.25) is 9.59 Å². The van der Waals surface area contributed by atoms with E-state index in [-0.39, 0.29) is 18.4 Å². The van der Waals surface area contributed by atoms with Crippen molar-refractivity contribution in [3.8, 4) is 5.75 Å². The standard InChI is InChI=1S/C17H19N3O3S/c1-2-9-23-14-7-5-13(6-8-14)17(22)18-12-16(21)20-19-11-15-4-3-10-24-15/h3-8,10-11H,2,9,12H2,1H3,(H,18,22)(H,20,21)/b19-11+. The van der Waals surface area contributed by atoms with Gasteiger partial charge in [0.2, 0.25) is 0 Å². The first-order valence-corrected chi connectivity index (χ1v) is 8.43. The van der Waals surface area contributed by atoms with Gasteiger partial charge in [-0.05, 0) is 42.1 Å². The van der Waals surface area contributed by atoms with Crippen LogP contribution in [0.4, 0.5) is 0 Å². The third-order valence-electron chi connectivity index (χ3n) is 2.92. The van der Waals surface area contributed by atoms with Crippen molar-refractivity contribution in [2.75, 3.05) is 13.2 Å². The molecule has 0 saturated heterocycles. The molecule has 0 unspecified atom stereocenters. The molecule has 2 rings (SSSR count). The summed E-state index contributed by atoms with van der Waals surface area (Å²) in [6.07, 6.45) is 2.48. The fourth-order valence-corrected chi connectivity index (χ4v) is 2.34. The Balaban J connectivity index is 1.74. The van der Waals surface area contributed by atoms with Crippen molar-refractivity contribution in [2.24, 2.45) is 5.10 Å². The number of rotatable bonds is 8. The quantitative estimate of drug-likeness (QED) is 0.569. The molecule has 0 spiro atoms. The van der Waals surface area contributed by atoms with Crippen LogP contribution < -0.4 is 15.5 Å². The van der Waals surface area contributed by atoms with Crippen molar-refractivity contribution in [3.05, 3.63) is 52.2 Å². The number of carbonyl (C=O) groups excluding carboxylic acids is 2. The summed E-state index contributed by atoms with van der Waals surface area (Å²) >= 11 is 1.52. The number of carbonyl (C=O) groups is 2. The highest BCUT2D eigenvalue weighted by molar-refractivity contribution is 7.11. The zero-order chi connectivity index (χ0) is 17.2. The summed E-state index contributed by atoms with van der Waals surface area (Å²) in [6.45, 7) is 2.52. The van der Waals surface area contributed by atoms with Gasteiger partial charge in [0.05, 0.1) is 19.4 Å². The van der Waals surface area contributed by atoms with Crippen molar-refractivity contribution in [1.82, 2.24) is 10.7 Å². The van der Waals surface area contributed by atoms with E-state index in [1.54, 1.807) is 30.5 Å². The molecule has 0 saturated carbocycles. The highest BCUT2D eigenvalue weighted by atomic mass is 32.1. The number of nitrogens with one attached hydrogen (secondary N) is 2. The number of hydrogen-bond donors (Lipinski definition) is 2. The first kappa shape index (κ1) is 17.7. The summed E-state index contributed by atoms with van der Waals surface area (Å²) in [5, 5.41) is 8.28. The Morgan fingerprint density at radius 2 is 2.04 bits per heavy atom. The highest BCUT2D eigenvalue weighted by Crippen LogP contribution is 2.12. The smallest absolute Gasteiger partial charge is 0.259 e. The number of hydrazone groups is 1. The molecule has 24 heavy (non-hydrogen) atoms. The lowest BCUT2D eigenvalue weighted by Gasteiger charge is -2.06. The Morgan fingerprint density at radius 1 is 1.25 bits per heavy atom. The number of hydrogen-bond acceptors (Lipinski definition) is 5. The third kappa shape index (κ3) is 5.85. The monoisotopic (exact) mass is 345 g/mol. The van der Waals surface area contributed by atoms with Crippen LogP contribution in [0, 0.1) is 0 Å². The summed E-state index contributed by atoms with van der Waals surface area (Å²) in [5.41, 5.74) is 2.83. The van der Waals surface area contributed by atoms with Gasteiger partial charge in [0.25, 0.3) is 11.8 Å². The Hall–Kier alpha value is -2.67. The second-order valence-electron chi connectivity index (χ2n) is 4.86. The van der Waals surface area contributed by atoms with E-state index in [1.165, 1.54) is 11.3 Å². The average molecular weight is 345 g/mol. The minimum absolute atomic E-state index is 0.144. The molecular weight excluding hydrogens is 326 g/mol. The molecule has 0 aliphatic heterocycles. The van der Waals surface area contributed by atoms with Crippen LogP contribution in [0.15, 0.2) is 46.9 Å². The average Bonchev–Trinajstić information content (AvgIpc) is 3.11. The third-order valence-corrected chi connectivity index (χ3v) is 3.73. The molecule has 2 aromatic rings. The molecule has 2 N–H and O–H groups in total. The van der Waals surface area contributed by atoms with Crippen LogP contribution in [-0.2, 0) is 4.79 Å². The summed E-state index contributed by atoms with van der Waals surface area (Å²) in [6, 6.07) is 10.6. The molecule has 126 valence electrons. The first-order chi connectivity index (χ1) is 11.7. The molecule has 1 aromatic heterocycles. The zero-order valence-corrected chi connectivity index (χ0v) is 14.1. The number of benzene rings is 1. The lowest BCUT2D eigenvalue weighted by Crippen LogP contribution is -2.34. The van der Waals surface area contributed by atoms with Gasteiger partial charge < -0.3 is 10.1 Å². The normalized spacial score (nSPS) is 10.5. The molecule has 0 bridgehead atoms. The maximum Gasteiger partial charge on any atom is 0.259 e. The second kappa shape index (κ2) is 9.46. The van der Waals surface area contributed by atoms with E-state index in [0.717, 1.165) is 11.3 Å². The molecule has 0 atom stereocenters. The van der Waals surface area contributed by atoms with Crippen LogP contribution in [0.25, 0.3) is 0 Å². The fourth-order valence-electron chi connectivity index (χ4n) is 1.76. The highest BCUT2D eigenvalue weighted by Gasteiger charge is 2.07. The van der Waals surface area contributed by atoms with Gasteiger partial charge in [0.15, 0.2) is 0 Å². The minimum atomic E-state index is -0.390. The Kier molecular flexibility index (Phi) is 6.97. The SMILES string of the molecule is CCCOc1ccc(C(=O)NCC(=O)N/N=C/c2cccs2)cc1. The van der Waals surface area contributed by atoms with Crippen LogP contribution in [0.1, 0.15) is 28.6 Å². The van der Waals surface area contributed by atoms with Crippen LogP contribution in [0.3, 0.4) is 0 Å². The molecule has 1 heterocycles. The Bertz CT molecular complexity index is 682. The molecule has 7 heteroatoms. The van der Waals surface area contributed by atoms with Crippen LogP contribution in [-0.4, -0.2) is 31.2 Å². The molecular formula is C17H19N3O3S. The topological polar surface area (TPSA) is 79.8 Å². The maximum atomic E-state index is 12.0. The predicted molar refractivity (Wildman–Crippen MR) is 94.6 cm³/mol. The number of amides is 2. The van der Waals surface area contributed by atoms with E-state index in [1.807, 2.05) is 24.4 Å². The number of nitrogens with zero attached hydrogens (tertiary/aromatic N) is 1. The summed E-state index contributed by atoms with van der Waals surface area (Å²) < 4.78 is 5.45. The Labute approximate surface area is 144 Å². The van der Waals surface area contributed by atoms with Gasteiger partial charge in [-0.2, -0.15) is 5.10 Å². The van der Waals surface area contributed by atoms with Gasteiger partial charge >= 0.3 is 0 Å². The van der Waals surface area contributed by atoms with E-state index in [9.17, 15) is 9.59 Å². The molecule has 2 amide bonds. The van der Waals surface area contributed by atoms with Gasteiger partial charge in [0.1, 0.15) is 5.75 Å². The van der Waals surface area contributed by atoms with E-state index in [2.05, 4.69) is 15.8 Å². The Morgan fingerprint density at radius 3 is 2.71 bits per heavy atom. The van der Waals surface area contributed by atoms with Gasteiger partial charge in [-0.15, -0.1) is 11.3 Å². The molecule has 0 radical (unpaired) electrons. The van der Waals surface area contributed by atoms with Crippen molar-refractivity contribution in [2.45, 2.75) is 13.3 Å². The van der Waals surface area contributed by atoms with Gasteiger partial charge in [-0.1, -0.05) is 13.0 Å². The fraction of sp³-hybridized carbons (Fsp3) is 0.235. The second-order valence-corrected chi connectivity index (χ2v) is 5.84. The van der Waals surface area contributed by atoms with Gasteiger partial charge in [-0.25, -0.2) is 5.43 Å². The first-order valence-electron chi connectivity index (χ1n) is 7.55. The zero-order valence-electron chi connectivity index (χ0n) is 13.3. The van der Waals surface area contributed by atoms with Gasteiger partial charge in [0, 0.05) is 10.4 Å². The molecule has 1 aromatic carbocycles. The van der Waals surface area contributed by atoms with Crippen molar-refractivity contribution in [1.29, 1.82) is 0 Å². The van der Waals surface area contributed by atoms with Crippen LogP contribution >= 0.6 is 11.3 Å². The van der Waals surface area contributed by atoms with Crippen molar-refractivity contribution < 1.29 is 14.3 Å². The van der Waals surface area contributed by atoms with E-state index in [4.69, 9.17) is 4.74 Å². The van der Waals surface area contributed by atoms with E-state index in [0.29, 0.717) is 17.9 Å². The van der Waals surface area contributed by atoms with E-state index >= 15 is 0 Å². The summed E-state index contributed by atoms with van der Waals surface area (Å²) in [4.78, 5) is 24.5. The van der Waals surface area contributed by atoms with Crippen LogP contribution in [0.5, 0.6) is 5.75 Å².